The second kappa shape index (κ2) is 5.13. The van der Waals surface area contributed by atoms with E-state index in [2.05, 4.69) is 18.9 Å². The quantitative estimate of drug-likeness (QED) is 0.936. The van der Waals surface area contributed by atoms with E-state index < -0.39 is 0 Å². The summed E-state index contributed by atoms with van der Waals surface area (Å²) in [6, 6.07) is 5.66. The number of methoxy groups -OCH3 is 1. The Morgan fingerprint density at radius 2 is 2.00 bits per heavy atom. The number of aromatic nitrogens is 2. The average molecular weight is 280 g/mol. The smallest absolute Gasteiger partial charge is 0.128 e. The van der Waals surface area contributed by atoms with Gasteiger partial charge in [-0.15, -0.1) is 0 Å². The van der Waals surface area contributed by atoms with Crippen LogP contribution in [0, 0.1) is 0 Å². The van der Waals surface area contributed by atoms with E-state index in [1.54, 1.807) is 18.8 Å². The van der Waals surface area contributed by atoms with E-state index in [9.17, 15) is 0 Å². The molecule has 0 aliphatic rings. The van der Waals surface area contributed by atoms with E-state index in [1.165, 1.54) is 0 Å². The molecule has 0 bridgehead atoms. The molecule has 2 aromatic rings. The molecule has 0 fully saturated rings. The second-order valence-electron chi connectivity index (χ2n) is 4.81. The Balaban J connectivity index is 2.60. The van der Waals surface area contributed by atoms with Gasteiger partial charge in [0.2, 0.25) is 0 Å². The zero-order valence-electron chi connectivity index (χ0n) is 11.6. The van der Waals surface area contributed by atoms with Gasteiger partial charge in [-0.1, -0.05) is 25.4 Å². The lowest BCUT2D eigenvalue weighted by Gasteiger charge is -2.13. The predicted octanol–water partition coefficient (Wildman–Crippen LogP) is 3.45. The first-order valence-corrected chi connectivity index (χ1v) is 6.49. The number of anilines is 1. The van der Waals surface area contributed by atoms with Crippen molar-refractivity contribution in [2.75, 3.05) is 12.8 Å². The maximum Gasteiger partial charge on any atom is 0.128 e. The lowest BCUT2D eigenvalue weighted by molar-refractivity contribution is 0.415. The highest BCUT2D eigenvalue weighted by molar-refractivity contribution is 6.31. The van der Waals surface area contributed by atoms with Gasteiger partial charge in [-0.3, -0.25) is 4.68 Å². The van der Waals surface area contributed by atoms with Crippen molar-refractivity contribution in [3.05, 3.63) is 28.8 Å². The second-order valence-corrected chi connectivity index (χ2v) is 5.21. The van der Waals surface area contributed by atoms with Crippen LogP contribution in [0.2, 0.25) is 5.02 Å². The van der Waals surface area contributed by atoms with Crippen molar-refractivity contribution < 1.29 is 4.74 Å². The minimum Gasteiger partial charge on any atom is -0.496 e. The Labute approximate surface area is 118 Å². The number of ether oxygens (including phenoxy) is 1. The summed E-state index contributed by atoms with van der Waals surface area (Å²) < 4.78 is 7.07. The van der Waals surface area contributed by atoms with Gasteiger partial charge in [0, 0.05) is 23.7 Å². The first-order valence-electron chi connectivity index (χ1n) is 6.11. The third-order valence-electron chi connectivity index (χ3n) is 3.13. The molecular weight excluding hydrogens is 262 g/mol. The molecule has 0 radical (unpaired) electrons. The molecule has 5 heteroatoms. The van der Waals surface area contributed by atoms with Crippen molar-refractivity contribution in [1.82, 2.24) is 9.78 Å². The Bertz CT molecular complexity index is 585. The third-order valence-corrected chi connectivity index (χ3v) is 3.46. The van der Waals surface area contributed by atoms with Gasteiger partial charge in [0.15, 0.2) is 0 Å². The average Bonchev–Trinajstić information content (AvgIpc) is 2.68. The fourth-order valence-corrected chi connectivity index (χ4v) is 2.38. The van der Waals surface area contributed by atoms with E-state index in [0.717, 1.165) is 27.6 Å². The number of nitrogen functional groups attached to an aromatic ring is 1. The first-order chi connectivity index (χ1) is 8.93. The van der Waals surface area contributed by atoms with Gasteiger partial charge in [0.25, 0.3) is 0 Å². The summed E-state index contributed by atoms with van der Waals surface area (Å²) in [5, 5.41) is 5.08. The summed E-state index contributed by atoms with van der Waals surface area (Å²) in [5.41, 5.74) is 8.48. The summed E-state index contributed by atoms with van der Waals surface area (Å²) in [5.74, 6) is 1.69. The Morgan fingerprint density at radius 1 is 1.32 bits per heavy atom. The van der Waals surface area contributed by atoms with Crippen molar-refractivity contribution in [1.29, 1.82) is 0 Å². The lowest BCUT2D eigenvalue weighted by atomic mass is 9.99. The van der Waals surface area contributed by atoms with E-state index in [0.29, 0.717) is 11.7 Å². The summed E-state index contributed by atoms with van der Waals surface area (Å²) in [4.78, 5) is 0. The van der Waals surface area contributed by atoms with Crippen LogP contribution in [0.5, 0.6) is 5.75 Å². The zero-order chi connectivity index (χ0) is 14.2. The molecule has 1 aromatic carbocycles. The number of aryl methyl sites for hydroxylation is 1. The van der Waals surface area contributed by atoms with Crippen molar-refractivity contribution in [3.63, 3.8) is 0 Å². The van der Waals surface area contributed by atoms with Crippen molar-refractivity contribution in [2.24, 2.45) is 7.05 Å². The van der Waals surface area contributed by atoms with Crippen LogP contribution >= 0.6 is 11.6 Å². The van der Waals surface area contributed by atoms with E-state index in [1.807, 2.05) is 18.2 Å². The standard InChI is InChI=1S/C14H18ClN3O/c1-8(2)9-6-13(19-4)10(5-11(9)15)12-7-14(16)18(3)17-12/h5-8H,16H2,1-4H3. The maximum absolute atomic E-state index is 6.33. The van der Waals surface area contributed by atoms with E-state index in [4.69, 9.17) is 22.1 Å². The van der Waals surface area contributed by atoms with Gasteiger partial charge in [-0.05, 0) is 23.6 Å². The van der Waals surface area contributed by atoms with Crippen LogP contribution in [0.25, 0.3) is 11.3 Å². The van der Waals surface area contributed by atoms with Crippen molar-refractivity contribution in [3.8, 4) is 17.0 Å². The highest BCUT2D eigenvalue weighted by Gasteiger charge is 2.15. The molecule has 0 aliphatic heterocycles. The number of hydrogen-bond acceptors (Lipinski definition) is 3. The number of hydrogen-bond donors (Lipinski definition) is 1. The molecule has 19 heavy (non-hydrogen) atoms. The first kappa shape index (κ1) is 13.7. The molecule has 1 heterocycles. The molecular formula is C14H18ClN3O. The van der Waals surface area contributed by atoms with E-state index >= 15 is 0 Å². The molecule has 102 valence electrons. The normalized spacial score (nSPS) is 11.1. The van der Waals surface area contributed by atoms with Crippen LogP contribution < -0.4 is 10.5 Å². The molecule has 0 saturated carbocycles. The summed E-state index contributed by atoms with van der Waals surface area (Å²) in [6.07, 6.45) is 0. The van der Waals surface area contributed by atoms with Crippen LogP contribution in [-0.4, -0.2) is 16.9 Å². The monoisotopic (exact) mass is 279 g/mol. The van der Waals surface area contributed by atoms with Crippen molar-refractivity contribution in [2.45, 2.75) is 19.8 Å². The molecule has 4 nitrogen and oxygen atoms in total. The highest BCUT2D eigenvalue weighted by atomic mass is 35.5. The molecule has 2 N–H and O–H groups in total. The minimum atomic E-state index is 0.337. The Morgan fingerprint density at radius 3 is 2.47 bits per heavy atom. The number of benzene rings is 1. The largest absolute Gasteiger partial charge is 0.496 e. The minimum absolute atomic E-state index is 0.337. The van der Waals surface area contributed by atoms with Gasteiger partial charge in [-0.2, -0.15) is 5.10 Å². The highest BCUT2D eigenvalue weighted by Crippen LogP contribution is 2.37. The molecule has 0 saturated heterocycles. The maximum atomic E-state index is 6.33. The number of rotatable bonds is 3. The molecule has 1 aromatic heterocycles. The van der Waals surface area contributed by atoms with Crippen LogP contribution in [-0.2, 0) is 7.05 Å². The lowest BCUT2D eigenvalue weighted by Crippen LogP contribution is -1.97. The van der Waals surface area contributed by atoms with Gasteiger partial charge >= 0.3 is 0 Å². The predicted molar refractivity (Wildman–Crippen MR) is 78.7 cm³/mol. The Hall–Kier alpha value is -1.68. The summed E-state index contributed by atoms with van der Waals surface area (Å²) in [6.45, 7) is 4.19. The third kappa shape index (κ3) is 2.54. The summed E-state index contributed by atoms with van der Waals surface area (Å²) in [7, 11) is 3.44. The van der Waals surface area contributed by atoms with Crippen LogP contribution in [0.3, 0.4) is 0 Å². The summed E-state index contributed by atoms with van der Waals surface area (Å²) >= 11 is 6.33. The molecule has 0 unspecified atom stereocenters. The molecule has 0 aliphatic carbocycles. The SMILES string of the molecule is COc1cc(C(C)C)c(Cl)cc1-c1cc(N)n(C)n1. The van der Waals surface area contributed by atoms with Gasteiger partial charge in [0.1, 0.15) is 11.6 Å². The van der Waals surface area contributed by atoms with Gasteiger partial charge in [0.05, 0.1) is 12.8 Å². The van der Waals surface area contributed by atoms with Gasteiger partial charge < -0.3 is 10.5 Å². The van der Waals surface area contributed by atoms with Crippen LogP contribution in [0.4, 0.5) is 5.82 Å². The molecule has 0 amide bonds. The fraction of sp³-hybridized carbons (Fsp3) is 0.357. The molecule has 0 spiro atoms. The topological polar surface area (TPSA) is 53.1 Å². The Kier molecular flexibility index (Phi) is 3.71. The molecule has 0 atom stereocenters. The number of nitrogens with zero attached hydrogens (tertiary/aromatic N) is 2. The fourth-order valence-electron chi connectivity index (χ4n) is 1.99. The number of nitrogens with two attached hydrogens (primary N) is 1. The number of halogens is 1. The zero-order valence-corrected chi connectivity index (χ0v) is 12.3. The van der Waals surface area contributed by atoms with E-state index in [-0.39, 0.29) is 0 Å². The molecule has 2 rings (SSSR count). The van der Waals surface area contributed by atoms with Gasteiger partial charge in [-0.25, -0.2) is 0 Å². The van der Waals surface area contributed by atoms with Crippen LogP contribution in [0.1, 0.15) is 25.3 Å². The van der Waals surface area contributed by atoms with Crippen molar-refractivity contribution >= 4 is 17.4 Å². The van der Waals surface area contributed by atoms with Crippen LogP contribution in [0.15, 0.2) is 18.2 Å².